The van der Waals surface area contributed by atoms with E-state index in [4.69, 9.17) is 4.74 Å². The molecule has 1 aliphatic rings. The molecule has 1 atom stereocenters. The molecule has 5 heteroatoms. The molecule has 1 heterocycles. The average molecular weight is 251 g/mol. The van der Waals surface area contributed by atoms with Gasteiger partial charge in [-0.2, -0.15) is 0 Å². The Morgan fingerprint density at radius 2 is 2.18 bits per heavy atom. The minimum atomic E-state index is -0.533. The van der Waals surface area contributed by atoms with Crippen LogP contribution in [0.15, 0.2) is 30.3 Å². The van der Waals surface area contributed by atoms with E-state index in [1.54, 1.807) is 0 Å². The second-order valence-electron chi connectivity index (χ2n) is 3.71. The Hall–Kier alpha value is -1.49. The van der Waals surface area contributed by atoms with Crippen molar-refractivity contribution in [3.8, 4) is 0 Å². The zero-order chi connectivity index (χ0) is 12.1. The lowest BCUT2D eigenvalue weighted by molar-refractivity contribution is -0.112. The van der Waals surface area contributed by atoms with Gasteiger partial charge >= 0.3 is 6.09 Å². The molecule has 1 aromatic carbocycles. The SMILES string of the molecule is O=C(N[C@@H]1CCSC1=O)OCc1ccccc1. The van der Waals surface area contributed by atoms with Gasteiger partial charge in [-0.25, -0.2) is 4.79 Å². The summed E-state index contributed by atoms with van der Waals surface area (Å²) in [5, 5.41) is 2.58. The number of ether oxygens (including phenoxy) is 1. The first-order valence-electron chi connectivity index (χ1n) is 5.39. The monoisotopic (exact) mass is 251 g/mol. The lowest BCUT2D eigenvalue weighted by Crippen LogP contribution is -2.37. The number of hydrogen-bond acceptors (Lipinski definition) is 4. The number of hydrogen-bond donors (Lipinski definition) is 1. The molecule has 1 aliphatic heterocycles. The predicted molar refractivity (Wildman–Crippen MR) is 65.6 cm³/mol. The van der Waals surface area contributed by atoms with E-state index >= 15 is 0 Å². The van der Waals surface area contributed by atoms with Crippen LogP contribution in [-0.2, 0) is 16.1 Å². The molecule has 0 aliphatic carbocycles. The smallest absolute Gasteiger partial charge is 0.408 e. The highest BCUT2D eigenvalue weighted by Gasteiger charge is 2.27. The van der Waals surface area contributed by atoms with Crippen molar-refractivity contribution in [1.82, 2.24) is 5.32 Å². The summed E-state index contributed by atoms with van der Waals surface area (Å²) in [4.78, 5) is 22.7. The van der Waals surface area contributed by atoms with Crippen LogP contribution in [-0.4, -0.2) is 23.0 Å². The summed E-state index contributed by atoms with van der Waals surface area (Å²) in [5.41, 5.74) is 0.926. The quantitative estimate of drug-likeness (QED) is 0.892. The van der Waals surface area contributed by atoms with E-state index in [9.17, 15) is 9.59 Å². The number of carbonyl (C=O) groups excluding carboxylic acids is 2. The first kappa shape index (κ1) is 12.0. The van der Waals surface area contributed by atoms with Crippen LogP contribution in [0.5, 0.6) is 0 Å². The largest absolute Gasteiger partial charge is 0.445 e. The summed E-state index contributed by atoms with van der Waals surface area (Å²) in [6, 6.07) is 9.04. The number of alkyl carbamates (subject to hydrolysis) is 1. The molecule has 0 saturated carbocycles. The third kappa shape index (κ3) is 3.49. The minimum Gasteiger partial charge on any atom is -0.445 e. The molecule has 0 aromatic heterocycles. The van der Waals surface area contributed by atoms with E-state index in [1.807, 2.05) is 30.3 Å². The second kappa shape index (κ2) is 5.72. The zero-order valence-corrected chi connectivity index (χ0v) is 10.0. The highest BCUT2D eigenvalue weighted by Crippen LogP contribution is 2.19. The Morgan fingerprint density at radius 3 is 2.82 bits per heavy atom. The standard InChI is InChI=1S/C12H13NO3S/c14-11-10(6-7-17-11)13-12(15)16-8-9-4-2-1-3-5-9/h1-5,10H,6-8H2,(H,13,15)/t10-/m1/s1. The van der Waals surface area contributed by atoms with Gasteiger partial charge in [0.1, 0.15) is 12.6 Å². The third-order valence-corrected chi connectivity index (χ3v) is 3.45. The molecule has 1 saturated heterocycles. The maximum Gasteiger partial charge on any atom is 0.408 e. The zero-order valence-electron chi connectivity index (χ0n) is 9.22. The van der Waals surface area contributed by atoms with Crippen molar-refractivity contribution < 1.29 is 14.3 Å². The van der Waals surface area contributed by atoms with E-state index in [2.05, 4.69) is 5.32 Å². The lowest BCUT2D eigenvalue weighted by Gasteiger charge is -2.10. The number of carbonyl (C=O) groups is 2. The van der Waals surface area contributed by atoms with Gasteiger partial charge in [0.05, 0.1) is 0 Å². The van der Waals surface area contributed by atoms with Gasteiger partial charge in [0, 0.05) is 5.75 Å². The second-order valence-corrected chi connectivity index (χ2v) is 4.81. The van der Waals surface area contributed by atoms with Crippen molar-refractivity contribution in [2.75, 3.05) is 5.75 Å². The van der Waals surface area contributed by atoms with Crippen LogP contribution in [0.2, 0.25) is 0 Å². The molecule has 2 rings (SSSR count). The summed E-state index contributed by atoms with van der Waals surface area (Å²) >= 11 is 1.25. The van der Waals surface area contributed by atoms with E-state index in [0.717, 1.165) is 11.3 Å². The molecule has 0 radical (unpaired) electrons. The Kier molecular flexibility index (Phi) is 4.03. The highest BCUT2D eigenvalue weighted by atomic mass is 32.2. The van der Waals surface area contributed by atoms with E-state index < -0.39 is 6.09 Å². The fourth-order valence-electron chi connectivity index (χ4n) is 1.53. The number of thioether (sulfide) groups is 1. The minimum absolute atomic E-state index is 0.0154. The van der Waals surface area contributed by atoms with Gasteiger partial charge in [-0.3, -0.25) is 4.79 Å². The van der Waals surface area contributed by atoms with Gasteiger partial charge in [0.2, 0.25) is 5.12 Å². The van der Waals surface area contributed by atoms with Crippen molar-refractivity contribution >= 4 is 23.0 Å². The topological polar surface area (TPSA) is 55.4 Å². The molecule has 4 nitrogen and oxygen atoms in total. The van der Waals surface area contributed by atoms with Crippen molar-refractivity contribution in [3.63, 3.8) is 0 Å². The number of rotatable bonds is 3. The van der Waals surface area contributed by atoms with Crippen molar-refractivity contribution in [3.05, 3.63) is 35.9 Å². The Labute approximate surface area is 104 Å². The van der Waals surface area contributed by atoms with Crippen molar-refractivity contribution in [2.45, 2.75) is 19.1 Å². The van der Waals surface area contributed by atoms with Crippen LogP contribution in [0.1, 0.15) is 12.0 Å². The molecule has 1 N–H and O–H groups in total. The molecule has 0 bridgehead atoms. The summed E-state index contributed by atoms with van der Waals surface area (Å²) in [6.45, 7) is 0.223. The van der Waals surface area contributed by atoms with Gasteiger partial charge in [-0.05, 0) is 12.0 Å². The molecule has 1 fully saturated rings. The maximum atomic E-state index is 11.4. The molecule has 90 valence electrons. The van der Waals surface area contributed by atoms with Crippen LogP contribution in [0.25, 0.3) is 0 Å². The van der Waals surface area contributed by atoms with Gasteiger partial charge in [0.25, 0.3) is 0 Å². The van der Waals surface area contributed by atoms with Gasteiger partial charge in [-0.15, -0.1) is 0 Å². The van der Waals surface area contributed by atoms with Crippen molar-refractivity contribution in [1.29, 1.82) is 0 Å². The van der Waals surface area contributed by atoms with Crippen LogP contribution >= 0.6 is 11.8 Å². The van der Waals surface area contributed by atoms with Crippen LogP contribution in [0.3, 0.4) is 0 Å². The Bertz CT molecular complexity index is 407. The number of benzene rings is 1. The molecule has 0 spiro atoms. The fraction of sp³-hybridized carbons (Fsp3) is 0.333. The average Bonchev–Trinajstić information content (AvgIpc) is 2.74. The van der Waals surface area contributed by atoms with Crippen molar-refractivity contribution in [2.24, 2.45) is 0 Å². The Balaban J connectivity index is 1.76. The van der Waals surface area contributed by atoms with Crippen LogP contribution in [0.4, 0.5) is 4.79 Å². The summed E-state index contributed by atoms with van der Waals surface area (Å²) in [5.74, 6) is 0.766. The molecule has 1 amide bonds. The first-order valence-corrected chi connectivity index (χ1v) is 6.38. The van der Waals surface area contributed by atoms with E-state index in [0.29, 0.717) is 6.42 Å². The van der Waals surface area contributed by atoms with E-state index in [1.165, 1.54) is 11.8 Å². The van der Waals surface area contributed by atoms with Gasteiger partial charge in [-0.1, -0.05) is 42.1 Å². The predicted octanol–water partition coefficient (Wildman–Crippen LogP) is 1.94. The molecule has 0 unspecified atom stereocenters. The number of nitrogens with one attached hydrogen (secondary N) is 1. The normalized spacial score (nSPS) is 19.1. The molecular weight excluding hydrogens is 238 g/mol. The molecule has 1 aromatic rings. The summed E-state index contributed by atoms with van der Waals surface area (Å²) < 4.78 is 5.03. The first-order chi connectivity index (χ1) is 8.25. The Morgan fingerprint density at radius 1 is 1.41 bits per heavy atom. The molecular formula is C12H13NO3S. The van der Waals surface area contributed by atoms with Crippen LogP contribution < -0.4 is 5.32 Å². The van der Waals surface area contributed by atoms with Gasteiger partial charge in [0.15, 0.2) is 0 Å². The summed E-state index contributed by atoms with van der Waals surface area (Å²) in [7, 11) is 0. The highest BCUT2D eigenvalue weighted by molar-refractivity contribution is 8.14. The van der Waals surface area contributed by atoms with Crippen LogP contribution in [0, 0.1) is 0 Å². The summed E-state index contributed by atoms with van der Waals surface area (Å²) in [6.07, 6.45) is 0.152. The molecule has 17 heavy (non-hydrogen) atoms. The fourth-order valence-corrected chi connectivity index (χ4v) is 2.47. The third-order valence-electron chi connectivity index (χ3n) is 2.44. The number of amides is 1. The van der Waals surface area contributed by atoms with Gasteiger partial charge < -0.3 is 10.1 Å². The lowest BCUT2D eigenvalue weighted by atomic mass is 10.2. The maximum absolute atomic E-state index is 11.4. The van der Waals surface area contributed by atoms with E-state index in [-0.39, 0.29) is 17.8 Å².